The zero-order valence-electron chi connectivity index (χ0n) is 13.0. The highest BCUT2D eigenvalue weighted by Crippen LogP contribution is 2.40. The summed E-state index contributed by atoms with van der Waals surface area (Å²) in [5.74, 6) is 1.82. The molecule has 118 valence electrons. The molecular formula is C16H19ClN2O3. The molecule has 6 heteroatoms. The number of aromatic nitrogens is 1. The highest BCUT2D eigenvalue weighted by atomic mass is 35.5. The van der Waals surface area contributed by atoms with Crippen molar-refractivity contribution in [2.45, 2.75) is 13.0 Å². The second-order valence-corrected chi connectivity index (χ2v) is 5.08. The Balaban J connectivity index is 2.31. The second-order valence-electron chi connectivity index (χ2n) is 4.69. The van der Waals surface area contributed by atoms with E-state index in [9.17, 15) is 0 Å². The Bertz CT molecular complexity index is 624. The van der Waals surface area contributed by atoms with E-state index in [1.165, 1.54) is 0 Å². The van der Waals surface area contributed by atoms with Crippen molar-refractivity contribution >= 4 is 17.3 Å². The number of methoxy groups -OCH3 is 3. The van der Waals surface area contributed by atoms with Gasteiger partial charge in [0.25, 0.3) is 0 Å². The average Bonchev–Trinajstić information content (AvgIpc) is 2.53. The van der Waals surface area contributed by atoms with E-state index in [1.54, 1.807) is 33.6 Å². The van der Waals surface area contributed by atoms with Crippen LogP contribution in [0.1, 0.15) is 18.5 Å². The van der Waals surface area contributed by atoms with Gasteiger partial charge in [0.1, 0.15) is 5.15 Å². The summed E-state index contributed by atoms with van der Waals surface area (Å²) in [5.41, 5.74) is 1.89. The number of rotatable bonds is 6. The molecule has 1 aromatic heterocycles. The third kappa shape index (κ3) is 3.54. The monoisotopic (exact) mass is 322 g/mol. The average molecular weight is 323 g/mol. The molecule has 0 saturated heterocycles. The summed E-state index contributed by atoms with van der Waals surface area (Å²) in [6.45, 7) is 2.04. The number of nitrogens with zero attached hydrogens (tertiary/aromatic N) is 1. The molecule has 1 heterocycles. The first-order chi connectivity index (χ1) is 10.6. The maximum atomic E-state index is 5.90. The molecule has 5 nitrogen and oxygen atoms in total. The highest BCUT2D eigenvalue weighted by Gasteiger charge is 2.16. The van der Waals surface area contributed by atoms with Crippen molar-refractivity contribution in [3.8, 4) is 17.2 Å². The Morgan fingerprint density at radius 3 is 2.18 bits per heavy atom. The van der Waals surface area contributed by atoms with Gasteiger partial charge in [0, 0.05) is 17.9 Å². The van der Waals surface area contributed by atoms with E-state index in [0.717, 1.165) is 11.3 Å². The normalized spacial score (nSPS) is 11.7. The Hall–Kier alpha value is -2.14. The summed E-state index contributed by atoms with van der Waals surface area (Å²) in [6, 6.07) is 7.49. The SMILES string of the molecule is COc1cc(C(C)Nc2ccnc(Cl)c2)cc(OC)c1OC. The number of anilines is 1. The van der Waals surface area contributed by atoms with Crippen LogP contribution in [-0.4, -0.2) is 26.3 Å². The number of ether oxygens (including phenoxy) is 3. The Morgan fingerprint density at radius 1 is 1.05 bits per heavy atom. The maximum absolute atomic E-state index is 5.90. The molecule has 0 spiro atoms. The van der Waals surface area contributed by atoms with Crippen molar-refractivity contribution in [2.75, 3.05) is 26.6 Å². The minimum atomic E-state index is 0.0205. The molecule has 1 N–H and O–H groups in total. The number of halogens is 1. The van der Waals surface area contributed by atoms with Crippen molar-refractivity contribution in [2.24, 2.45) is 0 Å². The molecular weight excluding hydrogens is 304 g/mol. The predicted molar refractivity (Wildman–Crippen MR) is 87.4 cm³/mol. The topological polar surface area (TPSA) is 52.6 Å². The molecule has 0 radical (unpaired) electrons. The summed E-state index contributed by atoms with van der Waals surface area (Å²) >= 11 is 5.90. The van der Waals surface area contributed by atoms with Crippen LogP contribution in [0.5, 0.6) is 17.2 Å². The van der Waals surface area contributed by atoms with Crippen LogP contribution >= 0.6 is 11.6 Å². The zero-order chi connectivity index (χ0) is 16.1. The zero-order valence-corrected chi connectivity index (χ0v) is 13.8. The molecule has 0 fully saturated rings. The summed E-state index contributed by atoms with van der Waals surface area (Å²) in [7, 11) is 4.78. The lowest BCUT2D eigenvalue weighted by atomic mass is 10.1. The van der Waals surface area contributed by atoms with Gasteiger partial charge in [-0.1, -0.05) is 11.6 Å². The van der Waals surface area contributed by atoms with E-state index in [2.05, 4.69) is 10.3 Å². The van der Waals surface area contributed by atoms with Crippen LogP contribution in [0.3, 0.4) is 0 Å². The molecule has 0 amide bonds. The number of hydrogen-bond acceptors (Lipinski definition) is 5. The summed E-state index contributed by atoms with van der Waals surface area (Å²) in [6.07, 6.45) is 1.66. The minimum absolute atomic E-state index is 0.0205. The van der Waals surface area contributed by atoms with Gasteiger partial charge in [-0.3, -0.25) is 0 Å². The van der Waals surface area contributed by atoms with Gasteiger partial charge >= 0.3 is 0 Å². The number of pyridine rings is 1. The van der Waals surface area contributed by atoms with Crippen molar-refractivity contribution in [3.05, 3.63) is 41.2 Å². The summed E-state index contributed by atoms with van der Waals surface area (Å²) < 4.78 is 16.1. The van der Waals surface area contributed by atoms with Crippen LogP contribution < -0.4 is 19.5 Å². The lowest BCUT2D eigenvalue weighted by molar-refractivity contribution is 0.323. The molecule has 0 aliphatic rings. The third-order valence-corrected chi connectivity index (χ3v) is 3.50. The van der Waals surface area contributed by atoms with E-state index in [-0.39, 0.29) is 6.04 Å². The van der Waals surface area contributed by atoms with E-state index in [4.69, 9.17) is 25.8 Å². The van der Waals surface area contributed by atoms with Gasteiger partial charge in [0.05, 0.1) is 21.3 Å². The van der Waals surface area contributed by atoms with Crippen LogP contribution in [0.25, 0.3) is 0 Å². The molecule has 0 aliphatic heterocycles. The Labute approximate surface area is 135 Å². The predicted octanol–water partition coefficient (Wildman–Crippen LogP) is 3.93. The summed E-state index contributed by atoms with van der Waals surface area (Å²) in [4.78, 5) is 3.97. The van der Waals surface area contributed by atoms with Crippen LogP contribution in [0.2, 0.25) is 5.15 Å². The quantitative estimate of drug-likeness (QED) is 0.816. The lowest BCUT2D eigenvalue weighted by Gasteiger charge is -2.19. The molecule has 1 atom stereocenters. The maximum Gasteiger partial charge on any atom is 0.203 e. The fraction of sp³-hybridized carbons (Fsp3) is 0.312. The fourth-order valence-electron chi connectivity index (χ4n) is 2.18. The molecule has 0 aliphatic carbocycles. The molecule has 22 heavy (non-hydrogen) atoms. The van der Waals surface area contributed by atoms with Crippen molar-refractivity contribution in [1.29, 1.82) is 0 Å². The molecule has 0 bridgehead atoms. The van der Waals surface area contributed by atoms with E-state index < -0.39 is 0 Å². The van der Waals surface area contributed by atoms with Crippen LogP contribution in [0, 0.1) is 0 Å². The Morgan fingerprint density at radius 2 is 1.68 bits per heavy atom. The third-order valence-electron chi connectivity index (χ3n) is 3.30. The molecule has 0 saturated carbocycles. The lowest BCUT2D eigenvalue weighted by Crippen LogP contribution is -2.08. The van der Waals surface area contributed by atoms with Crippen molar-refractivity contribution in [3.63, 3.8) is 0 Å². The second kappa shape index (κ2) is 7.22. The molecule has 1 aromatic carbocycles. The van der Waals surface area contributed by atoms with Crippen LogP contribution in [0.15, 0.2) is 30.5 Å². The number of hydrogen-bond donors (Lipinski definition) is 1. The number of benzene rings is 1. The van der Waals surface area contributed by atoms with Gasteiger partial charge in [0.15, 0.2) is 11.5 Å². The Kier molecular flexibility index (Phi) is 5.33. The standard InChI is InChI=1S/C16H19ClN2O3/c1-10(19-12-5-6-18-15(17)9-12)11-7-13(20-2)16(22-4)14(8-11)21-3/h5-10H,1-4H3,(H,18,19). The van der Waals surface area contributed by atoms with Gasteiger partial charge in [0.2, 0.25) is 5.75 Å². The molecule has 2 aromatic rings. The van der Waals surface area contributed by atoms with Crippen molar-refractivity contribution < 1.29 is 14.2 Å². The van der Waals surface area contributed by atoms with E-state index in [0.29, 0.717) is 22.4 Å². The summed E-state index contributed by atoms with van der Waals surface area (Å²) in [5, 5.41) is 3.81. The van der Waals surface area contributed by atoms with Crippen LogP contribution in [0.4, 0.5) is 5.69 Å². The van der Waals surface area contributed by atoms with E-state index >= 15 is 0 Å². The highest BCUT2D eigenvalue weighted by molar-refractivity contribution is 6.29. The van der Waals surface area contributed by atoms with Gasteiger partial charge in [-0.05, 0) is 36.8 Å². The molecule has 2 rings (SSSR count). The first-order valence-electron chi connectivity index (χ1n) is 6.77. The van der Waals surface area contributed by atoms with E-state index in [1.807, 2.05) is 25.1 Å². The van der Waals surface area contributed by atoms with Gasteiger partial charge in [-0.2, -0.15) is 0 Å². The first kappa shape index (κ1) is 16.2. The van der Waals surface area contributed by atoms with Gasteiger partial charge in [-0.15, -0.1) is 0 Å². The van der Waals surface area contributed by atoms with Crippen LogP contribution in [-0.2, 0) is 0 Å². The van der Waals surface area contributed by atoms with Crippen molar-refractivity contribution in [1.82, 2.24) is 4.98 Å². The number of nitrogens with one attached hydrogen (secondary N) is 1. The smallest absolute Gasteiger partial charge is 0.203 e. The fourth-order valence-corrected chi connectivity index (χ4v) is 2.35. The van der Waals surface area contributed by atoms with Gasteiger partial charge < -0.3 is 19.5 Å². The first-order valence-corrected chi connectivity index (χ1v) is 7.14. The minimum Gasteiger partial charge on any atom is -0.493 e. The van der Waals surface area contributed by atoms with Gasteiger partial charge in [-0.25, -0.2) is 4.98 Å². The molecule has 1 unspecified atom stereocenters. The largest absolute Gasteiger partial charge is 0.493 e.